The van der Waals surface area contributed by atoms with Crippen LogP contribution in [0.4, 0.5) is 5.82 Å². The number of nitrogens with one attached hydrogen (secondary N) is 1. The van der Waals surface area contributed by atoms with Gasteiger partial charge in [0.1, 0.15) is 18.7 Å². The number of anilines is 1. The summed E-state index contributed by atoms with van der Waals surface area (Å²) in [6.45, 7) is 2.59. The Kier molecular flexibility index (Phi) is 4.00. The molecule has 25 heavy (non-hydrogen) atoms. The fourth-order valence-electron chi connectivity index (χ4n) is 3.11. The van der Waals surface area contributed by atoms with Crippen LogP contribution in [0.5, 0.6) is 0 Å². The number of carbonyl (C=O) groups excluding carboxylic acids is 2. The van der Waals surface area contributed by atoms with E-state index in [2.05, 4.69) is 30.5 Å². The van der Waals surface area contributed by atoms with Crippen molar-refractivity contribution in [1.82, 2.24) is 35.2 Å². The van der Waals surface area contributed by atoms with E-state index in [1.165, 1.54) is 6.33 Å². The van der Waals surface area contributed by atoms with Crippen molar-refractivity contribution in [1.29, 1.82) is 0 Å². The Morgan fingerprint density at radius 2 is 1.88 bits per heavy atom. The van der Waals surface area contributed by atoms with Crippen LogP contribution in [0.15, 0.2) is 24.8 Å². The molecule has 2 saturated heterocycles. The van der Waals surface area contributed by atoms with Crippen LogP contribution in [-0.2, 0) is 9.59 Å². The van der Waals surface area contributed by atoms with Crippen LogP contribution in [0.1, 0.15) is 12.8 Å². The fourth-order valence-corrected chi connectivity index (χ4v) is 3.11. The van der Waals surface area contributed by atoms with Crippen LogP contribution in [-0.4, -0.2) is 73.9 Å². The summed E-state index contributed by atoms with van der Waals surface area (Å²) in [6.07, 6.45) is 4.03. The third-order valence-corrected chi connectivity index (χ3v) is 4.50. The van der Waals surface area contributed by atoms with Crippen LogP contribution < -0.4 is 10.2 Å². The molecule has 4 heterocycles. The number of rotatable bonds is 3. The second-order valence-electron chi connectivity index (χ2n) is 6.06. The molecule has 4 rings (SSSR count). The number of amides is 2. The van der Waals surface area contributed by atoms with Crippen LogP contribution >= 0.6 is 0 Å². The largest absolute Gasteiger partial charge is 0.352 e. The SMILES string of the molecule is O=C1CCC(C(=O)N2CCN(c3ccc(-n4cncn4)nn3)CC2)N1. The molecule has 10 nitrogen and oxygen atoms in total. The lowest BCUT2D eigenvalue weighted by atomic mass is 10.2. The van der Waals surface area contributed by atoms with Gasteiger partial charge in [0.05, 0.1) is 0 Å². The van der Waals surface area contributed by atoms with E-state index in [0.717, 1.165) is 5.82 Å². The van der Waals surface area contributed by atoms with E-state index in [0.29, 0.717) is 44.8 Å². The molecule has 1 atom stereocenters. The lowest BCUT2D eigenvalue weighted by Crippen LogP contribution is -2.53. The summed E-state index contributed by atoms with van der Waals surface area (Å²) in [5.41, 5.74) is 0. The monoisotopic (exact) mass is 342 g/mol. The number of piperazine rings is 1. The van der Waals surface area contributed by atoms with Crippen molar-refractivity contribution in [3.05, 3.63) is 24.8 Å². The smallest absolute Gasteiger partial charge is 0.245 e. The van der Waals surface area contributed by atoms with Crippen molar-refractivity contribution in [3.63, 3.8) is 0 Å². The minimum Gasteiger partial charge on any atom is -0.352 e. The summed E-state index contributed by atoms with van der Waals surface area (Å²) in [6, 6.07) is 3.36. The third kappa shape index (κ3) is 3.14. The van der Waals surface area contributed by atoms with Gasteiger partial charge < -0.3 is 15.1 Å². The van der Waals surface area contributed by atoms with Crippen molar-refractivity contribution in [2.75, 3.05) is 31.1 Å². The first kappa shape index (κ1) is 15.5. The lowest BCUT2D eigenvalue weighted by Gasteiger charge is -2.36. The quantitative estimate of drug-likeness (QED) is 0.761. The van der Waals surface area contributed by atoms with Gasteiger partial charge in [-0.3, -0.25) is 9.59 Å². The highest BCUT2D eigenvalue weighted by atomic mass is 16.2. The van der Waals surface area contributed by atoms with Gasteiger partial charge in [-0.15, -0.1) is 10.2 Å². The van der Waals surface area contributed by atoms with Crippen molar-refractivity contribution in [3.8, 4) is 5.82 Å². The minimum atomic E-state index is -0.360. The molecule has 2 aliphatic rings. The molecule has 1 unspecified atom stereocenters. The molecule has 2 fully saturated rings. The van der Waals surface area contributed by atoms with Crippen LogP contribution in [0.25, 0.3) is 5.82 Å². The van der Waals surface area contributed by atoms with Gasteiger partial charge in [-0.2, -0.15) is 5.10 Å². The standard InChI is InChI=1S/C15H18N8O2/c24-14-4-1-11(18-14)15(25)22-7-5-21(6-8-22)12-2-3-13(20-19-12)23-10-16-9-17-23/h2-3,9-11H,1,4-8H2,(H,18,24). The number of hydrogen-bond donors (Lipinski definition) is 1. The highest BCUT2D eigenvalue weighted by Gasteiger charge is 2.32. The van der Waals surface area contributed by atoms with E-state index in [1.807, 2.05) is 17.0 Å². The van der Waals surface area contributed by atoms with Crippen molar-refractivity contribution < 1.29 is 9.59 Å². The molecule has 0 radical (unpaired) electrons. The summed E-state index contributed by atoms with van der Waals surface area (Å²) in [5.74, 6) is 1.34. The van der Waals surface area contributed by atoms with Crippen LogP contribution in [0.2, 0.25) is 0 Å². The van der Waals surface area contributed by atoms with E-state index in [1.54, 1.807) is 11.0 Å². The van der Waals surface area contributed by atoms with E-state index in [9.17, 15) is 9.59 Å². The van der Waals surface area contributed by atoms with Crippen molar-refractivity contribution >= 4 is 17.6 Å². The molecule has 0 saturated carbocycles. The average molecular weight is 342 g/mol. The summed E-state index contributed by atoms with van der Waals surface area (Å²) in [4.78, 5) is 31.5. The Bertz CT molecular complexity index is 752. The molecule has 130 valence electrons. The zero-order chi connectivity index (χ0) is 17.2. The highest BCUT2D eigenvalue weighted by Crippen LogP contribution is 2.16. The van der Waals surface area contributed by atoms with Crippen LogP contribution in [0, 0.1) is 0 Å². The molecular weight excluding hydrogens is 324 g/mol. The molecule has 1 N–H and O–H groups in total. The molecule has 2 aromatic heterocycles. The topological polar surface area (TPSA) is 109 Å². The van der Waals surface area contributed by atoms with Gasteiger partial charge in [0, 0.05) is 32.6 Å². The Labute approximate surface area is 143 Å². The molecule has 0 spiro atoms. The number of aromatic nitrogens is 5. The van der Waals surface area contributed by atoms with Crippen LogP contribution in [0.3, 0.4) is 0 Å². The summed E-state index contributed by atoms with van der Waals surface area (Å²) in [7, 11) is 0. The first-order valence-corrected chi connectivity index (χ1v) is 8.22. The van der Waals surface area contributed by atoms with E-state index >= 15 is 0 Å². The number of carbonyl (C=O) groups is 2. The maximum atomic E-state index is 12.4. The summed E-state index contributed by atoms with van der Waals surface area (Å²) in [5, 5.41) is 15.2. The minimum absolute atomic E-state index is 0.0121. The van der Waals surface area contributed by atoms with Gasteiger partial charge in [0.2, 0.25) is 11.8 Å². The maximum Gasteiger partial charge on any atom is 0.245 e. The molecule has 2 amide bonds. The summed E-state index contributed by atoms with van der Waals surface area (Å²) >= 11 is 0. The Hall–Kier alpha value is -3.04. The molecular formula is C15H18N8O2. The number of hydrogen-bond acceptors (Lipinski definition) is 7. The predicted octanol–water partition coefficient (Wildman–Crippen LogP) is -1.02. The Morgan fingerprint density at radius 1 is 1.12 bits per heavy atom. The lowest BCUT2D eigenvalue weighted by molar-refractivity contribution is -0.134. The molecule has 2 aromatic rings. The molecule has 2 aliphatic heterocycles. The first-order chi connectivity index (χ1) is 12.2. The highest BCUT2D eigenvalue weighted by molar-refractivity contribution is 5.90. The second kappa shape index (κ2) is 6.46. The van der Waals surface area contributed by atoms with Gasteiger partial charge in [-0.05, 0) is 18.6 Å². The molecule has 0 aliphatic carbocycles. The normalized spacial score (nSPS) is 20.6. The van der Waals surface area contributed by atoms with Gasteiger partial charge in [-0.25, -0.2) is 9.67 Å². The maximum absolute atomic E-state index is 12.4. The van der Waals surface area contributed by atoms with Crippen molar-refractivity contribution in [2.24, 2.45) is 0 Å². The van der Waals surface area contributed by atoms with Crippen molar-refractivity contribution in [2.45, 2.75) is 18.9 Å². The van der Waals surface area contributed by atoms with E-state index in [-0.39, 0.29) is 17.9 Å². The Balaban J connectivity index is 1.35. The zero-order valence-electron chi connectivity index (χ0n) is 13.6. The fraction of sp³-hybridized carbons (Fsp3) is 0.467. The van der Waals surface area contributed by atoms with Gasteiger partial charge >= 0.3 is 0 Å². The predicted molar refractivity (Wildman–Crippen MR) is 86.9 cm³/mol. The van der Waals surface area contributed by atoms with Gasteiger partial charge in [-0.1, -0.05) is 0 Å². The average Bonchev–Trinajstić information content (AvgIpc) is 3.33. The number of nitrogens with zero attached hydrogens (tertiary/aromatic N) is 7. The second-order valence-corrected chi connectivity index (χ2v) is 6.06. The first-order valence-electron chi connectivity index (χ1n) is 8.22. The summed E-state index contributed by atoms with van der Waals surface area (Å²) < 4.78 is 1.54. The zero-order valence-corrected chi connectivity index (χ0v) is 13.6. The molecule has 10 heteroatoms. The molecule has 0 aromatic carbocycles. The van der Waals surface area contributed by atoms with E-state index < -0.39 is 0 Å². The Morgan fingerprint density at radius 3 is 2.48 bits per heavy atom. The van der Waals surface area contributed by atoms with E-state index in [4.69, 9.17) is 0 Å². The third-order valence-electron chi connectivity index (χ3n) is 4.50. The molecule has 0 bridgehead atoms. The van der Waals surface area contributed by atoms with Gasteiger partial charge in [0.25, 0.3) is 0 Å². The van der Waals surface area contributed by atoms with Gasteiger partial charge in [0.15, 0.2) is 11.6 Å².